The lowest BCUT2D eigenvalue weighted by molar-refractivity contribution is 0.414. The summed E-state index contributed by atoms with van der Waals surface area (Å²) in [7, 11) is 1.67. The molecule has 0 bridgehead atoms. The third-order valence-electron chi connectivity index (χ3n) is 3.22. The quantitative estimate of drug-likeness (QED) is 0.842. The maximum atomic E-state index is 5.34. The second-order valence-corrected chi connectivity index (χ2v) is 5.39. The van der Waals surface area contributed by atoms with E-state index in [4.69, 9.17) is 17.0 Å². The average Bonchev–Trinajstić information content (AvgIpc) is 2.48. The van der Waals surface area contributed by atoms with Crippen LogP contribution in [-0.2, 0) is 6.54 Å². The maximum absolute atomic E-state index is 5.34. The highest BCUT2D eigenvalue weighted by atomic mass is 32.1. The highest BCUT2D eigenvalue weighted by Crippen LogP contribution is 2.16. The molecule has 0 saturated heterocycles. The third kappa shape index (κ3) is 4.46. The van der Waals surface area contributed by atoms with Crippen LogP contribution in [0.15, 0.2) is 42.5 Å². The number of hydrogen-bond donors (Lipinski definition) is 2. The molecule has 0 spiro atoms. The lowest BCUT2D eigenvalue weighted by Gasteiger charge is -2.13. The molecule has 21 heavy (non-hydrogen) atoms. The Morgan fingerprint density at radius 1 is 1.14 bits per heavy atom. The predicted molar refractivity (Wildman–Crippen MR) is 92.0 cm³/mol. The van der Waals surface area contributed by atoms with E-state index in [1.54, 1.807) is 7.11 Å². The molecule has 110 valence electrons. The normalized spacial score (nSPS) is 10.0. The van der Waals surface area contributed by atoms with Crippen LogP contribution in [0.25, 0.3) is 0 Å². The number of aryl methyl sites for hydroxylation is 2. The van der Waals surface area contributed by atoms with Gasteiger partial charge in [0.25, 0.3) is 0 Å². The molecule has 0 aromatic heterocycles. The van der Waals surface area contributed by atoms with Crippen molar-refractivity contribution in [3.8, 4) is 5.75 Å². The summed E-state index contributed by atoms with van der Waals surface area (Å²) in [6.45, 7) is 4.81. The molecule has 0 heterocycles. The first kappa shape index (κ1) is 15.3. The van der Waals surface area contributed by atoms with E-state index in [2.05, 4.69) is 36.6 Å². The minimum Gasteiger partial charge on any atom is -0.497 e. The molecule has 2 rings (SSSR count). The molecule has 0 aliphatic carbocycles. The second-order valence-electron chi connectivity index (χ2n) is 4.98. The van der Waals surface area contributed by atoms with Crippen molar-refractivity contribution in [2.24, 2.45) is 0 Å². The lowest BCUT2D eigenvalue weighted by atomic mass is 10.1. The van der Waals surface area contributed by atoms with Crippen LogP contribution in [-0.4, -0.2) is 12.2 Å². The molecule has 0 aliphatic heterocycles. The van der Waals surface area contributed by atoms with Gasteiger partial charge in [0.15, 0.2) is 5.11 Å². The van der Waals surface area contributed by atoms with Gasteiger partial charge >= 0.3 is 0 Å². The molecule has 0 unspecified atom stereocenters. The smallest absolute Gasteiger partial charge is 0.171 e. The summed E-state index contributed by atoms with van der Waals surface area (Å²) in [4.78, 5) is 0. The fourth-order valence-corrected chi connectivity index (χ4v) is 2.27. The number of thiocarbonyl (C=S) groups is 1. The van der Waals surface area contributed by atoms with E-state index in [0.29, 0.717) is 11.7 Å². The second kappa shape index (κ2) is 7.09. The first-order chi connectivity index (χ1) is 10.1. The summed E-state index contributed by atoms with van der Waals surface area (Å²) in [5.41, 5.74) is 4.58. The molecule has 3 nitrogen and oxygen atoms in total. The van der Waals surface area contributed by atoms with Gasteiger partial charge in [-0.25, -0.2) is 0 Å². The van der Waals surface area contributed by atoms with Crippen LogP contribution in [0.2, 0.25) is 0 Å². The van der Waals surface area contributed by atoms with Gasteiger partial charge in [-0.1, -0.05) is 29.8 Å². The van der Waals surface area contributed by atoms with E-state index in [1.807, 2.05) is 30.3 Å². The van der Waals surface area contributed by atoms with Crippen LogP contribution >= 0.6 is 12.2 Å². The topological polar surface area (TPSA) is 33.3 Å². The number of ether oxygens (including phenoxy) is 1. The average molecular weight is 300 g/mol. The first-order valence-corrected chi connectivity index (χ1v) is 7.24. The third-order valence-corrected chi connectivity index (χ3v) is 3.46. The van der Waals surface area contributed by atoms with E-state index >= 15 is 0 Å². The molecule has 2 aromatic carbocycles. The van der Waals surface area contributed by atoms with E-state index in [9.17, 15) is 0 Å². The van der Waals surface area contributed by atoms with Gasteiger partial charge in [0.2, 0.25) is 0 Å². The van der Waals surface area contributed by atoms with E-state index in [0.717, 1.165) is 17.0 Å². The van der Waals surface area contributed by atoms with Gasteiger partial charge in [-0.15, -0.1) is 0 Å². The summed E-state index contributed by atoms with van der Waals surface area (Å²) in [6.07, 6.45) is 0. The summed E-state index contributed by atoms with van der Waals surface area (Å²) in [5, 5.41) is 7.05. The zero-order valence-corrected chi connectivity index (χ0v) is 13.4. The Labute approximate surface area is 131 Å². The van der Waals surface area contributed by atoms with Crippen molar-refractivity contribution in [2.45, 2.75) is 20.4 Å². The molecule has 0 aliphatic rings. The predicted octanol–water partition coefficient (Wildman–Crippen LogP) is 3.80. The van der Waals surface area contributed by atoms with Crippen LogP contribution < -0.4 is 15.4 Å². The number of benzene rings is 2. The van der Waals surface area contributed by atoms with E-state index < -0.39 is 0 Å². The standard InChI is InChI=1S/C17H20N2OS/c1-12-7-8-16(13(2)9-12)19-17(21)18-11-14-5-4-6-15(10-14)20-3/h4-10H,11H2,1-3H3,(H2,18,19,21). The largest absolute Gasteiger partial charge is 0.497 e. The van der Waals surface area contributed by atoms with Crippen molar-refractivity contribution in [1.29, 1.82) is 0 Å². The number of hydrogen-bond acceptors (Lipinski definition) is 2. The molecule has 2 N–H and O–H groups in total. The van der Waals surface area contributed by atoms with Crippen LogP contribution in [0.5, 0.6) is 5.75 Å². The minimum absolute atomic E-state index is 0.616. The van der Waals surface area contributed by atoms with Crippen molar-refractivity contribution >= 4 is 23.0 Å². The SMILES string of the molecule is COc1cccc(CNC(=S)Nc2ccc(C)cc2C)c1. The Balaban J connectivity index is 1.92. The summed E-state index contributed by atoms with van der Waals surface area (Å²) >= 11 is 5.34. The van der Waals surface area contributed by atoms with Gasteiger partial charge in [-0.05, 0) is 55.4 Å². The van der Waals surface area contributed by atoms with Crippen molar-refractivity contribution in [2.75, 3.05) is 12.4 Å². The monoisotopic (exact) mass is 300 g/mol. The van der Waals surface area contributed by atoms with Gasteiger partial charge in [-0.3, -0.25) is 0 Å². The van der Waals surface area contributed by atoms with Gasteiger partial charge in [-0.2, -0.15) is 0 Å². The highest BCUT2D eigenvalue weighted by molar-refractivity contribution is 7.80. The van der Waals surface area contributed by atoms with Crippen molar-refractivity contribution in [1.82, 2.24) is 5.32 Å². The van der Waals surface area contributed by atoms with Crippen molar-refractivity contribution < 1.29 is 4.74 Å². The molecule has 0 atom stereocenters. The Morgan fingerprint density at radius 2 is 1.95 bits per heavy atom. The zero-order chi connectivity index (χ0) is 15.2. The zero-order valence-electron chi connectivity index (χ0n) is 12.6. The Morgan fingerprint density at radius 3 is 2.67 bits per heavy atom. The molecule has 0 radical (unpaired) electrons. The fraction of sp³-hybridized carbons (Fsp3) is 0.235. The number of nitrogens with one attached hydrogen (secondary N) is 2. The van der Waals surface area contributed by atoms with Gasteiger partial charge in [0.1, 0.15) is 5.75 Å². The molecule has 0 amide bonds. The molecule has 0 fully saturated rings. The Kier molecular flexibility index (Phi) is 5.17. The Bertz CT molecular complexity index is 640. The van der Waals surface area contributed by atoms with Crippen LogP contribution in [0, 0.1) is 13.8 Å². The maximum Gasteiger partial charge on any atom is 0.171 e. The van der Waals surface area contributed by atoms with Crippen molar-refractivity contribution in [3.63, 3.8) is 0 Å². The summed E-state index contributed by atoms with van der Waals surface area (Å²) in [6, 6.07) is 14.2. The molecule has 4 heteroatoms. The van der Waals surface area contributed by atoms with Gasteiger partial charge < -0.3 is 15.4 Å². The number of rotatable bonds is 4. The summed E-state index contributed by atoms with van der Waals surface area (Å²) in [5.74, 6) is 0.850. The van der Waals surface area contributed by atoms with Crippen LogP contribution in [0.3, 0.4) is 0 Å². The number of methoxy groups -OCH3 is 1. The van der Waals surface area contributed by atoms with Gasteiger partial charge in [0, 0.05) is 12.2 Å². The fourth-order valence-electron chi connectivity index (χ4n) is 2.09. The first-order valence-electron chi connectivity index (χ1n) is 6.83. The van der Waals surface area contributed by atoms with Gasteiger partial charge in [0.05, 0.1) is 7.11 Å². The molecule has 2 aromatic rings. The highest BCUT2D eigenvalue weighted by Gasteiger charge is 2.02. The summed E-state index contributed by atoms with van der Waals surface area (Å²) < 4.78 is 5.21. The van der Waals surface area contributed by atoms with E-state index in [1.165, 1.54) is 11.1 Å². The Hall–Kier alpha value is -2.07. The minimum atomic E-state index is 0.616. The molecular weight excluding hydrogens is 280 g/mol. The van der Waals surface area contributed by atoms with Crippen LogP contribution in [0.1, 0.15) is 16.7 Å². The molecule has 0 saturated carbocycles. The molecular formula is C17H20N2OS. The van der Waals surface area contributed by atoms with E-state index in [-0.39, 0.29) is 0 Å². The van der Waals surface area contributed by atoms with Crippen molar-refractivity contribution in [3.05, 3.63) is 59.2 Å². The van der Waals surface area contributed by atoms with Crippen LogP contribution in [0.4, 0.5) is 5.69 Å². The lowest BCUT2D eigenvalue weighted by Crippen LogP contribution is -2.28. The number of anilines is 1.